The fourth-order valence-corrected chi connectivity index (χ4v) is 4.52. The molecule has 0 atom stereocenters. The predicted molar refractivity (Wildman–Crippen MR) is 151 cm³/mol. The molecule has 0 saturated carbocycles. The quantitative estimate of drug-likeness (QED) is 0.170. The number of nitrogens with zero attached hydrogens (tertiary/aromatic N) is 3. The average molecular weight is 614 g/mol. The van der Waals surface area contributed by atoms with Gasteiger partial charge in [0.15, 0.2) is 0 Å². The smallest absolute Gasteiger partial charge is 0.405 e. The maximum Gasteiger partial charge on any atom is 0.405 e. The molecular weight excluding hydrogens is 589 g/mol. The van der Waals surface area contributed by atoms with Gasteiger partial charge in [-0.25, -0.2) is 18.7 Å². The van der Waals surface area contributed by atoms with Crippen LogP contribution >= 0.6 is 0 Å². The number of methoxy groups -OCH3 is 2. The van der Waals surface area contributed by atoms with Gasteiger partial charge >= 0.3 is 6.18 Å². The van der Waals surface area contributed by atoms with Gasteiger partial charge in [0.1, 0.15) is 35.5 Å². The first-order chi connectivity index (χ1) is 21.0. The number of pyridine rings is 2. The van der Waals surface area contributed by atoms with Crippen LogP contribution in [0.15, 0.2) is 67.0 Å². The minimum atomic E-state index is -4.58. The zero-order valence-electron chi connectivity index (χ0n) is 23.2. The first-order valence-electron chi connectivity index (χ1n) is 12.9. The zero-order valence-corrected chi connectivity index (χ0v) is 23.2. The topological polar surface area (TPSA) is 111 Å². The molecule has 5 aromatic rings. The molecule has 3 N–H and O–H groups in total. The van der Waals surface area contributed by atoms with Crippen LogP contribution in [-0.2, 0) is 6.54 Å². The maximum atomic E-state index is 14.8. The lowest BCUT2D eigenvalue weighted by atomic mass is 10.1. The Hall–Kier alpha value is -5.40. The van der Waals surface area contributed by atoms with Crippen molar-refractivity contribution < 1.29 is 41.3 Å². The van der Waals surface area contributed by atoms with Crippen LogP contribution < -0.4 is 20.1 Å². The van der Waals surface area contributed by atoms with E-state index in [1.54, 1.807) is 23.5 Å². The van der Waals surface area contributed by atoms with Crippen molar-refractivity contribution in [3.63, 3.8) is 0 Å². The van der Waals surface area contributed by atoms with E-state index in [4.69, 9.17) is 9.47 Å². The molecule has 0 radical (unpaired) electrons. The molecule has 14 heteroatoms. The van der Waals surface area contributed by atoms with Gasteiger partial charge in [-0.05, 0) is 42.5 Å². The van der Waals surface area contributed by atoms with Gasteiger partial charge in [-0.1, -0.05) is 6.07 Å². The van der Waals surface area contributed by atoms with E-state index in [1.807, 2.05) is 0 Å². The summed E-state index contributed by atoms with van der Waals surface area (Å²) < 4.78 is 79.1. The Labute approximate surface area is 246 Å². The fourth-order valence-electron chi connectivity index (χ4n) is 4.52. The number of hydrogen-bond acceptors (Lipinski definition) is 7. The van der Waals surface area contributed by atoms with Crippen molar-refractivity contribution in [2.24, 2.45) is 0 Å². The number of amides is 1. The molecule has 0 saturated heterocycles. The summed E-state index contributed by atoms with van der Waals surface area (Å²) in [6.07, 6.45) is -2.02. The van der Waals surface area contributed by atoms with E-state index in [-0.39, 0.29) is 46.1 Å². The van der Waals surface area contributed by atoms with Crippen molar-refractivity contribution >= 4 is 28.3 Å². The van der Waals surface area contributed by atoms with Gasteiger partial charge in [0, 0.05) is 24.0 Å². The standard InChI is InChI=1S/C30H24F5N5O4/c1-43-18-8-6-17(24(10-18)44-2)13-40-14-23-27(29(40)42)22(11-21(38-23)26-19(31)4-3-5-20(26)32)39-25-9-7-16(12-36-25)28(41)37-15-30(33,34)35/h3-12,14,42H,13,15H2,1-2H3,(H,36,39)(H,37,41). The summed E-state index contributed by atoms with van der Waals surface area (Å²) in [5.74, 6) is -1.76. The molecule has 228 valence electrons. The number of nitrogens with one attached hydrogen (secondary N) is 2. The first-order valence-corrected chi connectivity index (χ1v) is 12.9. The molecular formula is C30H24F5N5O4. The Bertz CT molecular complexity index is 1820. The lowest BCUT2D eigenvalue weighted by Crippen LogP contribution is -2.33. The van der Waals surface area contributed by atoms with Crippen LogP contribution in [0.3, 0.4) is 0 Å². The highest BCUT2D eigenvalue weighted by Gasteiger charge is 2.28. The summed E-state index contributed by atoms with van der Waals surface area (Å²) in [4.78, 5) is 20.6. The van der Waals surface area contributed by atoms with Gasteiger partial charge in [0.2, 0.25) is 5.88 Å². The van der Waals surface area contributed by atoms with E-state index >= 15 is 0 Å². The van der Waals surface area contributed by atoms with E-state index in [9.17, 15) is 31.9 Å². The predicted octanol–water partition coefficient (Wildman–Crippen LogP) is 6.18. The highest BCUT2D eigenvalue weighted by atomic mass is 19.4. The lowest BCUT2D eigenvalue weighted by molar-refractivity contribution is -0.123. The van der Waals surface area contributed by atoms with Gasteiger partial charge in [0.05, 0.1) is 54.2 Å². The van der Waals surface area contributed by atoms with E-state index in [2.05, 4.69) is 15.3 Å². The largest absolute Gasteiger partial charge is 0.497 e. The second-order valence-electron chi connectivity index (χ2n) is 9.53. The first kappa shape index (κ1) is 30.1. The van der Waals surface area contributed by atoms with Gasteiger partial charge in [-0.15, -0.1) is 0 Å². The molecule has 0 spiro atoms. The van der Waals surface area contributed by atoms with E-state index in [0.717, 1.165) is 18.3 Å². The van der Waals surface area contributed by atoms with Crippen LogP contribution in [-0.4, -0.2) is 52.5 Å². The second-order valence-corrected chi connectivity index (χ2v) is 9.53. The third kappa shape index (κ3) is 6.33. The number of alkyl halides is 3. The maximum absolute atomic E-state index is 14.8. The van der Waals surface area contributed by atoms with E-state index < -0.39 is 35.8 Å². The number of aromatic hydroxyl groups is 1. The number of halogens is 5. The monoisotopic (exact) mass is 613 g/mol. The van der Waals surface area contributed by atoms with Crippen molar-refractivity contribution in [1.29, 1.82) is 0 Å². The SMILES string of the molecule is COc1ccc(Cn2cc3nc(-c4c(F)cccc4F)cc(Nc4ccc(C(=O)NCC(F)(F)F)cn4)c3c2O)c(OC)c1. The van der Waals surface area contributed by atoms with Crippen LogP contribution in [0.25, 0.3) is 22.2 Å². The lowest BCUT2D eigenvalue weighted by Gasteiger charge is -2.13. The van der Waals surface area contributed by atoms with Gasteiger partial charge in [-0.2, -0.15) is 13.2 Å². The van der Waals surface area contributed by atoms with Crippen molar-refractivity contribution in [2.45, 2.75) is 12.7 Å². The van der Waals surface area contributed by atoms with Crippen LogP contribution in [0.1, 0.15) is 15.9 Å². The Morgan fingerprint density at radius 1 is 1.02 bits per heavy atom. The van der Waals surface area contributed by atoms with Crippen molar-refractivity contribution in [1.82, 2.24) is 19.9 Å². The van der Waals surface area contributed by atoms with Gasteiger partial charge in [-0.3, -0.25) is 4.79 Å². The molecule has 3 aromatic heterocycles. The highest BCUT2D eigenvalue weighted by molar-refractivity contribution is 5.99. The van der Waals surface area contributed by atoms with Crippen molar-refractivity contribution in [2.75, 3.05) is 26.1 Å². The van der Waals surface area contributed by atoms with Crippen LogP contribution in [0, 0.1) is 11.6 Å². The fraction of sp³-hybridized carbons (Fsp3) is 0.167. The third-order valence-corrected chi connectivity index (χ3v) is 6.61. The van der Waals surface area contributed by atoms with Crippen LogP contribution in [0.4, 0.5) is 33.5 Å². The molecule has 0 unspecified atom stereocenters. The molecule has 0 aliphatic rings. The molecule has 3 heterocycles. The number of carbonyl (C=O) groups excluding carboxylic acids is 1. The number of fused-ring (bicyclic) bond motifs is 1. The van der Waals surface area contributed by atoms with E-state index in [1.165, 1.54) is 49.2 Å². The number of hydrogen-bond donors (Lipinski definition) is 3. The number of carbonyl (C=O) groups is 1. The molecule has 0 bridgehead atoms. The van der Waals surface area contributed by atoms with Crippen LogP contribution in [0.2, 0.25) is 0 Å². The Morgan fingerprint density at radius 3 is 2.41 bits per heavy atom. The summed E-state index contributed by atoms with van der Waals surface area (Å²) in [5, 5.41) is 16.2. The number of benzene rings is 2. The van der Waals surface area contributed by atoms with E-state index in [0.29, 0.717) is 17.1 Å². The second kappa shape index (κ2) is 12.1. The summed E-state index contributed by atoms with van der Waals surface area (Å²) >= 11 is 0. The number of anilines is 2. The van der Waals surface area contributed by atoms with Crippen LogP contribution in [0.5, 0.6) is 17.4 Å². The van der Waals surface area contributed by atoms with Crippen molar-refractivity contribution in [3.8, 4) is 28.6 Å². The van der Waals surface area contributed by atoms with Gasteiger partial charge < -0.3 is 29.8 Å². The van der Waals surface area contributed by atoms with Gasteiger partial charge in [0.25, 0.3) is 5.91 Å². The Kier molecular flexibility index (Phi) is 8.25. The summed E-state index contributed by atoms with van der Waals surface area (Å²) in [5.41, 5.74) is 0.410. The molecule has 44 heavy (non-hydrogen) atoms. The molecule has 1 amide bonds. The average Bonchev–Trinajstić information content (AvgIpc) is 3.30. The minimum Gasteiger partial charge on any atom is -0.497 e. The number of aromatic nitrogens is 3. The summed E-state index contributed by atoms with van der Waals surface area (Å²) in [6.45, 7) is -1.38. The molecule has 9 nitrogen and oxygen atoms in total. The number of ether oxygens (including phenoxy) is 2. The normalized spacial score (nSPS) is 11.4. The molecule has 0 aliphatic carbocycles. The Morgan fingerprint density at radius 2 is 1.77 bits per heavy atom. The Balaban J connectivity index is 1.56. The minimum absolute atomic E-state index is 0.0853. The molecule has 0 fully saturated rings. The summed E-state index contributed by atoms with van der Waals surface area (Å²) in [7, 11) is 3.00. The number of rotatable bonds is 9. The van der Waals surface area contributed by atoms with Crippen molar-refractivity contribution in [3.05, 3.63) is 89.8 Å². The zero-order chi connectivity index (χ0) is 31.6. The summed E-state index contributed by atoms with van der Waals surface area (Å²) in [6, 6.07) is 12.4. The molecule has 5 rings (SSSR count). The highest BCUT2D eigenvalue weighted by Crippen LogP contribution is 2.39. The molecule has 2 aromatic carbocycles. The third-order valence-electron chi connectivity index (χ3n) is 6.61. The molecule has 0 aliphatic heterocycles.